The highest BCUT2D eigenvalue weighted by Crippen LogP contribution is 2.25. The summed E-state index contributed by atoms with van der Waals surface area (Å²) in [6, 6.07) is 5.53. The molecule has 0 unspecified atom stereocenters. The summed E-state index contributed by atoms with van der Waals surface area (Å²) in [7, 11) is 0. The van der Waals surface area contributed by atoms with Crippen molar-refractivity contribution in [2.75, 3.05) is 30.7 Å². The summed E-state index contributed by atoms with van der Waals surface area (Å²) in [6.45, 7) is 1.24. The van der Waals surface area contributed by atoms with Gasteiger partial charge in [0, 0.05) is 24.9 Å². The predicted octanol–water partition coefficient (Wildman–Crippen LogP) is 2.10. The summed E-state index contributed by atoms with van der Waals surface area (Å²) in [5.74, 6) is -0.0680. The minimum Gasteiger partial charge on any atom is -0.397 e. The maximum atomic E-state index is 12.1. The van der Waals surface area contributed by atoms with Crippen LogP contribution in [-0.2, 0) is 4.79 Å². The van der Waals surface area contributed by atoms with Crippen LogP contribution in [0.1, 0.15) is 25.7 Å². The van der Waals surface area contributed by atoms with Crippen LogP contribution in [0.4, 0.5) is 11.4 Å². The first-order valence-electron chi connectivity index (χ1n) is 7.30. The van der Waals surface area contributed by atoms with Crippen LogP contribution in [0.15, 0.2) is 18.2 Å². The number of carbonyl (C=O) groups is 1. The zero-order chi connectivity index (χ0) is 15.2. The molecule has 2 rings (SSSR count). The van der Waals surface area contributed by atoms with Gasteiger partial charge in [0.15, 0.2) is 0 Å². The molecule has 1 fully saturated rings. The Morgan fingerprint density at radius 3 is 2.81 bits per heavy atom. The van der Waals surface area contributed by atoms with E-state index in [1.165, 1.54) is 6.42 Å². The van der Waals surface area contributed by atoms with Gasteiger partial charge in [-0.15, -0.1) is 0 Å². The third-order valence-corrected chi connectivity index (χ3v) is 4.17. The van der Waals surface area contributed by atoms with E-state index < -0.39 is 0 Å². The molecule has 21 heavy (non-hydrogen) atoms. The van der Waals surface area contributed by atoms with Crippen LogP contribution in [0.25, 0.3) is 0 Å². The van der Waals surface area contributed by atoms with E-state index in [-0.39, 0.29) is 12.5 Å². The minimum absolute atomic E-state index is 0.0680. The number of nitrogen functional groups attached to an aromatic ring is 1. The molecule has 1 aromatic rings. The average molecular weight is 312 g/mol. The van der Waals surface area contributed by atoms with E-state index in [0.717, 1.165) is 19.4 Å². The van der Waals surface area contributed by atoms with Gasteiger partial charge >= 0.3 is 0 Å². The van der Waals surface area contributed by atoms with Crippen LogP contribution >= 0.6 is 11.6 Å². The molecule has 4 N–H and O–H groups in total. The molecule has 1 aliphatic carbocycles. The number of amides is 1. The molecular weight excluding hydrogens is 290 g/mol. The lowest BCUT2D eigenvalue weighted by Crippen LogP contribution is -2.45. The number of nitrogens with zero attached hydrogens (tertiary/aromatic N) is 1. The van der Waals surface area contributed by atoms with Crippen LogP contribution in [0.3, 0.4) is 0 Å². The van der Waals surface area contributed by atoms with Gasteiger partial charge in [-0.25, -0.2) is 0 Å². The van der Waals surface area contributed by atoms with E-state index in [9.17, 15) is 4.79 Å². The Labute approximate surface area is 130 Å². The fraction of sp³-hybridized carbons (Fsp3) is 0.533. The minimum atomic E-state index is -0.0680. The molecule has 0 saturated heterocycles. The van der Waals surface area contributed by atoms with E-state index in [2.05, 4.69) is 10.2 Å². The van der Waals surface area contributed by atoms with Crippen LogP contribution < -0.4 is 11.1 Å². The lowest BCUT2D eigenvalue weighted by molar-refractivity contribution is -0.118. The fourth-order valence-corrected chi connectivity index (χ4v) is 2.54. The fourth-order valence-electron chi connectivity index (χ4n) is 2.42. The van der Waals surface area contributed by atoms with Crippen molar-refractivity contribution in [3.05, 3.63) is 23.2 Å². The van der Waals surface area contributed by atoms with Gasteiger partial charge in [0.25, 0.3) is 0 Å². The van der Waals surface area contributed by atoms with Crippen molar-refractivity contribution in [1.82, 2.24) is 4.90 Å². The summed E-state index contributed by atoms with van der Waals surface area (Å²) in [6.07, 6.45) is 4.17. The van der Waals surface area contributed by atoms with Gasteiger partial charge in [-0.3, -0.25) is 9.69 Å². The molecule has 1 amide bonds. The third kappa shape index (κ3) is 4.59. The largest absolute Gasteiger partial charge is 0.397 e. The molecular formula is C15H22ClN3O2. The van der Waals surface area contributed by atoms with Crippen LogP contribution in [0, 0.1) is 0 Å². The summed E-state index contributed by atoms with van der Waals surface area (Å²) in [5, 5.41) is 12.3. The Hall–Kier alpha value is -1.30. The Morgan fingerprint density at radius 1 is 1.48 bits per heavy atom. The lowest BCUT2D eigenvalue weighted by Gasteiger charge is -2.37. The van der Waals surface area contributed by atoms with Crippen molar-refractivity contribution < 1.29 is 9.90 Å². The van der Waals surface area contributed by atoms with Gasteiger partial charge in [0.05, 0.1) is 17.3 Å². The maximum absolute atomic E-state index is 12.1. The smallest absolute Gasteiger partial charge is 0.238 e. The van der Waals surface area contributed by atoms with E-state index in [0.29, 0.717) is 35.4 Å². The van der Waals surface area contributed by atoms with Crippen LogP contribution in [0.2, 0.25) is 5.02 Å². The van der Waals surface area contributed by atoms with Gasteiger partial charge in [0.2, 0.25) is 5.91 Å². The number of aliphatic hydroxyl groups excluding tert-OH is 1. The SMILES string of the molecule is Nc1cc(NC(=O)CN(CCCO)C2CCC2)ccc1Cl. The highest BCUT2D eigenvalue weighted by molar-refractivity contribution is 6.33. The lowest BCUT2D eigenvalue weighted by atomic mass is 9.91. The number of anilines is 2. The number of aliphatic hydroxyl groups is 1. The number of nitrogens with one attached hydrogen (secondary N) is 1. The molecule has 0 aromatic heterocycles. The Kier molecular flexibility index (Phi) is 5.85. The summed E-state index contributed by atoms with van der Waals surface area (Å²) < 4.78 is 0. The molecule has 1 aliphatic rings. The molecule has 0 bridgehead atoms. The van der Waals surface area contributed by atoms with Gasteiger partial charge in [-0.05, 0) is 37.5 Å². The van der Waals surface area contributed by atoms with Gasteiger partial charge in [0.1, 0.15) is 0 Å². The third-order valence-electron chi connectivity index (χ3n) is 3.82. The second-order valence-electron chi connectivity index (χ2n) is 5.42. The standard InChI is InChI=1S/C15H22ClN3O2/c16-13-6-5-11(9-14(13)17)18-15(21)10-19(7-2-8-20)12-3-1-4-12/h5-6,9,12,20H,1-4,7-8,10,17H2,(H,18,21). The number of hydrogen-bond acceptors (Lipinski definition) is 4. The van der Waals surface area contributed by atoms with E-state index in [4.69, 9.17) is 22.4 Å². The zero-order valence-electron chi connectivity index (χ0n) is 12.0. The van der Waals surface area contributed by atoms with Gasteiger partial charge < -0.3 is 16.2 Å². The molecule has 1 saturated carbocycles. The first-order chi connectivity index (χ1) is 10.1. The number of hydrogen-bond donors (Lipinski definition) is 3. The summed E-state index contributed by atoms with van der Waals surface area (Å²) >= 11 is 5.86. The van der Waals surface area contributed by atoms with Crippen LogP contribution in [0.5, 0.6) is 0 Å². The van der Waals surface area contributed by atoms with Crippen molar-refractivity contribution in [3.63, 3.8) is 0 Å². The summed E-state index contributed by atoms with van der Waals surface area (Å²) in [4.78, 5) is 14.3. The maximum Gasteiger partial charge on any atom is 0.238 e. The number of halogens is 1. The monoisotopic (exact) mass is 311 g/mol. The molecule has 0 spiro atoms. The number of nitrogens with two attached hydrogens (primary N) is 1. The second kappa shape index (κ2) is 7.64. The van der Waals surface area contributed by atoms with Crippen LogP contribution in [-0.4, -0.2) is 41.7 Å². The topological polar surface area (TPSA) is 78.6 Å². The first kappa shape index (κ1) is 16.1. The molecule has 0 radical (unpaired) electrons. The van der Waals surface area contributed by atoms with Crippen molar-refractivity contribution in [3.8, 4) is 0 Å². The molecule has 0 heterocycles. The average Bonchev–Trinajstić information content (AvgIpc) is 2.38. The molecule has 5 nitrogen and oxygen atoms in total. The molecule has 0 atom stereocenters. The summed E-state index contributed by atoms with van der Waals surface area (Å²) in [5.41, 5.74) is 6.82. The zero-order valence-corrected chi connectivity index (χ0v) is 12.8. The first-order valence-corrected chi connectivity index (χ1v) is 7.67. The molecule has 1 aromatic carbocycles. The number of rotatable bonds is 7. The number of carbonyl (C=O) groups excluding carboxylic acids is 1. The second-order valence-corrected chi connectivity index (χ2v) is 5.82. The van der Waals surface area contributed by atoms with Crippen molar-refractivity contribution in [1.29, 1.82) is 0 Å². The highest BCUT2D eigenvalue weighted by atomic mass is 35.5. The van der Waals surface area contributed by atoms with Crippen molar-refractivity contribution >= 4 is 28.9 Å². The Morgan fingerprint density at radius 2 is 2.24 bits per heavy atom. The highest BCUT2D eigenvalue weighted by Gasteiger charge is 2.26. The Balaban J connectivity index is 1.90. The van der Waals surface area contributed by atoms with E-state index in [1.54, 1.807) is 18.2 Å². The van der Waals surface area contributed by atoms with Gasteiger partial charge in [-0.1, -0.05) is 18.0 Å². The van der Waals surface area contributed by atoms with Crippen molar-refractivity contribution in [2.24, 2.45) is 0 Å². The molecule has 0 aliphatic heterocycles. The molecule has 6 heteroatoms. The van der Waals surface area contributed by atoms with E-state index >= 15 is 0 Å². The van der Waals surface area contributed by atoms with Gasteiger partial charge in [-0.2, -0.15) is 0 Å². The number of benzene rings is 1. The normalized spacial score (nSPS) is 15.0. The quantitative estimate of drug-likeness (QED) is 0.674. The van der Waals surface area contributed by atoms with E-state index in [1.807, 2.05) is 0 Å². The predicted molar refractivity (Wildman–Crippen MR) is 85.4 cm³/mol. The van der Waals surface area contributed by atoms with Crippen molar-refractivity contribution in [2.45, 2.75) is 31.7 Å². The molecule has 116 valence electrons. The Bertz CT molecular complexity index is 492.